The van der Waals surface area contributed by atoms with Gasteiger partial charge in [-0.15, -0.1) is 0 Å². The van der Waals surface area contributed by atoms with Crippen molar-refractivity contribution in [3.8, 4) is 0 Å². The molecule has 2 aromatic heterocycles. The molecule has 0 spiro atoms. The van der Waals surface area contributed by atoms with Crippen molar-refractivity contribution in [3.63, 3.8) is 0 Å². The third kappa shape index (κ3) is 3.10. The molecule has 0 aliphatic heterocycles. The van der Waals surface area contributed by atoms with Gasteiger partial charge in [0.25, 0.3) is 0 Å². The molecule has 3 rings (SSSR count). The molecule has 24 heavy (non-hydrogen) atoms. The van der Waals surface area contributed by atoms with Gasteiger partial charge in [-0.05, 0) is 50.3 Å². The SMILES string of the molecule is CCn1ncc(C=CC(=O)c2cc3cc(Br)ccc3oc2=O)c1C. The Morgan fingerprint density at radius 3 is 2.88 bits per heavy atom. The summed E-state index contributed by atoms with van der Waals surface area (Å²) in [6.07, 6.45) is 4.74. The lowest BCUT2D eigenvalue weighted by Crippen LogP contribution is -2.11. The van der Waals surface area contributed by atoms with E-state index in [9.17, 15) is 9.59 Å². The second-order valence-electron chi connectivity index (χ2n) is 5.33. The molecule has 2 heterocycles. The number of nitrogens with zero attached hydrogens (tertiary/aromatic N) is 2. The molecule has 3 aromatic rings. The summed E-state index contributed by atoms with van der Waals surface area (Å²) >= 11 is 3.36. The van der Waals surface area contributed by atoms with E-state index in [4.69, 9.17) is 4.42 Å². The summed E-state index contributed by atoms with van der Waals surface area (Å²) in [7, 11) is 0. The molecule has 0 atom stereocenters. The minimum Gasteiger partial charge on any atom is -0.422 e. The van der Waals surface area contributed by atoms with Gasteiger partial charge < -0.3 is 4.42 Å². The monoisotopic (exact) mass is 386 g/mol. The van der Waals surface area contributed by atoms with E-state index < -0.39 is 11.4 Å². The van der Waals surface area contributed by atoms with Gasteiger partial charge in [0, 0.05) is 27.7 Å². The van der Waals surface area contributed by atoms with E-state index in [1.54, 1.807) is 36.5 Å². The fourth-order valence-corrected chi connectivity index (χ4v) is 2.84. The predicted molar refractivity (Wildman–Crippen MR) is 96.2 cm³/mol. The zero-order chi connectivity index (χ0) is 17.3. The molecule has 0 bridgehead atoms. The highest BCUT2D eigenvalue weighted by atomic mass is 79.9. The number of hydrogen-bond acceptors (Lipinski definition) is 4. The zero-order valence-electron chi connectivity index (χ0n) is 13.2. The summed E-state index contributed by atoms with van der Waals surface area (Å²) in [5, 5.41) is 4.91. The highest BCUT2D eigenvalue weighted by Crippen LogP contribution is 2.19. The molecule has 1 aromatic carbocycles. The Balaban J connectivity index is 1.96. The summed E-state index contributed by atoms with van der Waals surface area (Å²) in [4.78, 5) is 24.4. The Kier molecular flexibility index (Phi) is 4.49. The normalized spacial score (nSPS) is 11.5. The van der Waals surface area contributed by atoms with Gasteiger partial charge in [0.2, 0.25) is 0 Å². The summed E-state index contributed by atoms with van der Waals surface area (Å²) in [6, 6.07) is 6.82. The molecule has 0 fully saturated rings. The van der Waals surface area contributed by atoms with Gasteiger partial charge >= 0.3 is 5.63 Å². The van der Waals surface area contributed by atoms with Crippen LogP contribution in [0.15, 0.2) is 50.2 Å². The molecular weight excluding hydrogens is 372 g/mol. The third-order valence-electron chi connectivity index (χ3n) is 3.81. The Morgan fingerprint density at radius 1 is 1.38 bits per heavy atom. The van der Waals surface area contributed by atoms with Gasteiger partial charge in [-0.2, -0.15) is 5.10 Å². The fraction of sp³-hybridized carbons (Fsp3) is 0.167. The molecule has 0 amide bonds. The van der Waals surface area contributed by atoms with E-state index in [1.807, 2.05) is 18.5 Å². The first-order chi connectivity index (χ1) is 11.5. The number of carbonyl (C=O) groups is 1. The van der Waals surface area contributed by atoms with Crippen molar-refractivity contribution in [2.45, 2.75) is 20.4 Å². The third-order valence-corrected chi connectivity index (χ3v) is 4.31. The first-order valence-electron chi connectivity index (χ1n) is 7.48. The predicted octanol–water partition coefficient (Wildman–Crippen LogP) is 3.98. The van der Waals surface area contributed by atoms with Crippen LogP contribution in [0, 0.1) is 6.92 Å². The smallest absolute Gasteiger partial charge is 0.347 e. The molecular formula is C18H15BrN2O3. The number of ketones is 1. The largest absolute Gasteiger partial charge is 0.422 e. The quantitative estimate of drug-likeness (QED) is 0.386. The Hall–Kier alpha value is -2.47. The highest BCUT2D eigenvalue weighted by Gasteiger charge is 2.12. The molecule has 0 N–H and O–H groups in total. The van der Waals surface area contributed by atoms with Crippen LogP contribution in [0.1, 0.15) is 28.5 Å². The molecule has 0 radical (unpaired) electrons. The van der Waals surface area contributed by atoms with Gasteiger partial charge in [0.05, 0.1) is 6.20 Å². The lowest BCUT2D eigenvalue weighted by molar-refractivity contribution is 0.104. The van der Waals surface area contributed by atoms with Crippen LogP contribution in [0.2, 0.25) is 0 Å². The van der Waals surface area contributed by atoms with Crippen LogP contribution in [-0.4, -0.2) is 15.6 Å². The summed E-state index contributed by atoms with van der Waals surface area (Å²) in [6.45, 7) is 4.69. The number of aryl methyl sites for hydroxylation is 1. The number of allylic oxidation sites excluding steroid dienone is 1. The molecule has 122 valence electrons. The van der Waals surface area contributed by atoms with Crippen LogP contribution in [-0.2, 0) is 6.54 Å². The number of aromatic nitrogens is 2. The maximum Gasteiger partial charge on any atom is 0.347 e. The van der Waals surface area contributed by atoms with E-state index in [-0.39, 0.29) is 5.56 Å². The lowest BCUT2D eigenvalue weighted by atomic mass is 10.1. The Bertz CT molecular complexity index is 1010. The first-order valence-corrected chi connectivity index (χ1v) is 8.27. The van der Waals surface area contributed by atoms with E-state index in [1.165, 1.54) is 6.08 Å². The number of fused-ring (bicyclic) bond motifs is 1. The molecule has 5 nitrogen and oxygen atoms in total. The van der Waals surface area contributed by atoms with Crippen LogP contribution in [0.5, 0.6) is 0 Å². The van der Waals surface area contributed by atoms with E-state index in [0.29, 0.717) is 11.0 Å². The minimum absolute atomic E-state index is 0.0115. The van der Waals surface area contributed by atoms with Gasteiger partial charge in [0.15, 0.2) is 5.78 Å². The summed E-state index contributed by atoms with van der Waals surface area (Å²) < 4.78 is 7.91. The number of halogens is 1. The van der Waals surface area contributed by atoms with Crippen molar-refractivity contribution in [1.82, 2.24) is 9.78 Å². The van der Waals surface area contributed by atoms with Crippen LogP contribution in [0.4, 0.5) is 0 Å². The second-order valence-corrected chi connectivity index (χ2v) is 6.24. The van der Waals surface area contributed by atoms with Crippen molar-refractivity contribution < 1.29 is 9.21 Å². The van der Waals surface area contributed by atoms with Crippen LogP contribution >= 0.6 is 15.9 Å². The maximum atomic E-state index is 12.4. The Labute approximate surface area is 146 Å². The average molecular weight is 387 g/mol. The van der Waals surface area contributed by atoms with Crippen molar-refractivity contribution in [3.05, 3.63) is 68.3 Å². The number of rotatable bonds is 4. The molecule has 0 unspecified atom stereocenters. The number of hydrogen-bond donors (Lipinski definition) is 0. The highest BCUT2D eigenvalue weighted by molar-refractivity contribution is 9.10. The van der Waals surface area contributed by atoms with Gasteiger partial charge in [-0.25, -0.2) is 4.79 Å². The molecule has 0 aliphatic carbocycles. The number of benzene rings is 1. The minimum atomic E-state index is -0.638. The topological polar surface area (TPSA) is 65.1 Å². The molecule has 0 saturated carbocycles. The lowest BCUT2D eigenvalue weighted by Gasteiger charge is -2.00. The zero-order valence-corrected chi connectivity index (χ0v) is 14.8. The van der Waals surface area contributed by atoms with Crippen molar-refractivity contribution >= 4 is 38.8 Å². The van der Waals surface area contributed by atoms with Crippen LogP contribution in [0.3, 0.4) is 0 Å². The number of carbonyl (C=O) groups excluding carboxylic acids is 1. The first kappa shape index (κ1) is 16.4. The van der Waals surface area contributed by atoms with E-state index >= 15 is 0 Å². The van der Waals surface area contributed by atoms with Crippen LogP contribution < -0.4 is 5.63 Å². The van der Waals surface area contributed by atoms with Crippen molar-refractivity contribution in [1.29, 1.82) is 0 Å². The second kappa shape index (κ2) is 6.57. The molecule has 0 aliphatic rings. The van der Waals surface area contributed by atoms with E-state index in [2.05, 4.69) is 21.0 Å². The van der Waals surface area contributed by atoms with E-state index in [0.717, 1.165) is 22.3 Å². The van der Waals surface area contributed by atoms with Gasteiger partial charge in [-0.3, -0.25) is 9.48 Å². The fourth-order valence-electron chi connectivity index (χ4n) is 2.46. The molecule has 6 heteroatoms. The maximum absolute atomic E-state index is 12.4. The van der Waals surface area contributed by atoms with Crippen LogP contribution in [0.25, 0.3) is 17.0 Å². The standard InChI is InChI=1S/C18H15BrN2O3/c1-3-21-11(2)12(10-20-21)4-6-16(22)15-9-13-8-14(19)5-7-17(13)24-18(15)23/h4-10H,3H2,1-2H3. The van der Waals surface area contributed by atoms with Gasteiger partial charge in [-0.1, -0.05) is 15.9 Å². The Morgan fingerprint density at radius 2 is 2.17 bits per heavy atom. The average Bonchev–Trinajstić information content (AvgIpc) is 2.92. The van der Waals surface area contributed by atoms with Crippen molar-refractivity contribution in [2.24, 2.45) is 0 Å². The van der Waals surface area contributed by atoms with Crippen molar-refractivity contribution in [2.75, 3.05) is 0 Å². The van der Waals surface area contributed by atoms with Gasteiger partial charge in [0.1, 0.15) is 11.1 Å². The summed E-state index contributed by atoms with van der Waals surface area (Å²) in [5.41, 5.74) is 1.63. The molecule has 0 saturated heterocycles. The summed E-state index contributed by atoms with van der Waals surface area (Å²) in [5.74, 6) is -0.394.